The molecule has 0 unspecified atom stereocenters. The van der Waals surface area contributed by atoms with Gasteiger partial charge in [-0.25, -0.2) is 0 Å². The summed E-state index contributed by atoms with van der Waals surface area (Å²) in [5, 5.41) is 3.49. The Kier molecular flexibility index (Phi) is 4.77. The maximum Gasteiger partial charge on any atom is 0.178 e. The van der Waals surface area contributed by atoms with Crippen LogP contribution >= 0.6 is 11.6 Å². The van der Waals surface area contributed by atoms with Crippen molar-refractivity contribution in [2.45, 2.75) is 19.9 Å². The van der Waals surface area contributed by atoms with Gasteiger partial charge in [0.05, 0.1) is 18.7 Å². The van der Waals surface area contributed by atoms with Gasteiger partial charge in [-0.05, 0) is 18.2 Å². The lowest BCUT2D eigenvalue weighted by atomic mass is 10.1. The number of ketones is 1. The van der Waals surface area contributed by atoms with E-state index in [1.165, 1.54) is 0 Å². The molecule has 0 amide bonds. The van der Waals surface area contributed by atoms with Crippen molar-refractivity contribution in [3.63, 3.8) is 0 Å². The molecule has 0 atom stereocenters. The van der Waals surface area contributed by atoms with Crippen LogP contribution in [0.25, 0.3) is 0 Å². The third-order valence-electron chi connectivity index (χ3n) is 2.15. The SMILES string of the molecule is COc1ccc(C(=O)CNC(C)C)c(Cl)c1. The summed E-state index contributed by atoms with van der Waals surface area (Å²) in [7, 11) is 1.56. The van der Waals surface area contributed by atoms with Crippen molar-refractivity contribution < 1.29 is 9.53 Å². The molecule has 1 aromatic rings. The normalized spacial score (nSPS) is 10.6. The Morgan fingerprint density at radius 3 is 2.69 bits per heavy atom. The molecule has 0 saturated heterocycles. The second-order valence-electron chi connectivity index (χ2n) is 3.80. The van der Waals surface area contributed by atoms with E-state index in [0.717, 1.165) is 0 Å². The van der Waals surface area contributed by atoms with Crippen molar-refractivity contribution in [2.24, 2.45) is 0 Å². The first-order valence-electron chi connectivity index (χ1n) is 5.14. The second-order valence-corrected chi connectivity index (χ2v) is 4.21. The van der Waals surface area contributed by atoms with E-state index in [1.54, 1.807) is 25.3 Å². The Morgan fingerprint density at radius 2 is 2.19 bits per heavy atom. The van der Waals surface area contributed by atoms with Crippen LogP contribution in [0.4, 0.5) is 0 Å². The fraction of sp³-hybridized carbons (Fsp3) is 0.417. The number of carbonyl (C=O) groups is 1. The lowest BCUT2D eigenvalue weighted by Crippen LogP contribution is -2.29. The maximum absolute atomic E-state index is 11.8. The van der Waals surface area contributed by atoms with Gasteiger partial charge in [-0.2, -0.15) is 0 Å². The molecule has 1 aromatic carbocycles. The molecule has 1 N–H and O–H groups in total. The Hall–Kier alpha value is -1.06. The molecule has 3 nitrogen and oxygen atoms in total. The summed E-state index contributed by atoms with van der Waals surface area (Å²) in [4.78, 5) is 11.8. The number of ether oxygens (including phenoxy) is 1. The third-order valence-corrected chi connectivity index (χ3v) is 2.46. The first-order chi connectivity index (χ1) is 7.54. The van der Waals surface area contributed by atoms with E-state index in [-0.39, 0.29) is 11.8 Å². The number of benzene rings is 1. The van der Waals surface area contributed by atoms with Gasteiger partial charge in [-0.15, -0.1) is 0 Å². The number of hydrogen-bond acceptors (Lipinski definition) is 3. The first kappa shape index (κ1) is 13.0. The molecule has 88 valence electrons. The molecule has 0 heterocycles. The molecule has 1 rings (SSSR count). The fourth-order valence-corrected chi connectivity index (χ4v) is 1.52. The Labute approximate surface area is 101 Å². The van der Waals surface area contributed by atoms with E-state index < -0.39 is 0 Å². The summed E-state index contributed by atoms with van der Waals surface area (Å²) in [6, 6.07) is 5.34. The molecule has 0 bridgehead atoms. The van der Waals surface area contributed by atoms with Gasteiger partial charge in [0, 0.05) is 11.6 Å². The highest BCUT2D eigenvalue weighted by Gasteiger charge is 2.11. The summed E-state index contributed by atoms with van der Waals surface area (Å²) < 4.78 is 5.02. The molecule has 0 aliphatic carbocycles. The highest BCUT2D eigenvalue weighted by molar-refractivity contribution is 6.34. The van der Waals surface area contributed by atoms with Crippen molar-refractivity contribution in [2.75, 3.05) is 13.7 Å². The number of Topliss-reactive ketones (excluding diaryl/α,β-unsaturated/α-hetero) is 1. The van der Waals surface area contributed by atoms with Gasteiger partial charge in [0.15, 0.2) is 5.78 Å². The molecule has 0 aliphatic rings. The van der Waals surface area contributed by atoms with Crippen LogP contribution in [0.3, 0.4) is 0 Å². The molecule has 0 radical (unpaired) electrons. The van der Waals surface area contributed by atoms with Crippen LogP contribution in [-0.4, -0.2) is 25.5 Å². The van der Waals surface area contributed by atoms with Gasteiger partial charge >= 0.3 is 0 Å². The fourth-order valence-electron chi connectivity index (χ4n) is 1.24. The van der Waals surface area contributed by atoms with E-state index in [2.05, 4.69) is 5.32 Å². The standard InChI is InChI=1S/C12H16ClNO2/c1-8(2)14-7-12(15)10-5-4-9(16-3)6-11(10)13/h4-6,8,14H,7H2,1-3H3. The molecule has 4 heteroatoms. The number of rotatable bonds is 5. The van der Waals surface area contributed by atoms with Crippen molar-refractivity contribution in [1.29, 1.82) is 0 Å². The summed E-state index contributed by atoms with van der Waals surface area (Å²) in [6.45, 7) is 4.27. The molecular formula is C12H16ClNO2. The predicted molar refractivity (Wildman–Crippen MR) is 65.5 cm³/mol. The first-order valence-corrected chi connectivity index (χ1v) is 5.52. The second kappa shape index (κ2) is 5.87. The predicted octanol–water partition coefficient (Wildman–Crippen LogP) is 2.53. The summed E-state index contributed by atoms with van der Waals surface area (Å²) in [5.74, 6) is 0.639. The van der Waals surface area contributed by atoms with Gasteiger partial charge in [0.25, 0.3) is 0 Å². The van der Waals surface area contributed by atoms with Crippen molar-refractivity contribution in [1.82, 2.24) is 5.32 Å². The smallest absolute Gasteiger partial charge is 0.178 e. The molecule has 0 spiro atoms. The number of nitrogens with one attached hydrogen (secondary N) is 1. The van der Waals surface area contributed by atoms with Crippen LogP contribution in [-0.2, 0) is 0 Å². The maximum atomic E-state index is 11.8. The van der Waals surface area contributed by atoms with Gasteiger partial charge in [-0.3, -0.25) is 4.79 Å². The molecule has 0 fully saturated rings. The van der Waals surface area contributed by atoms with E-state index in [9.17, 15) is 4.79 Å². The zero-order valence-corrected chi connectivity index (χ0v) is 10.5. The Bertz CT molecular complexity index is 377. The summed E-state index contributed by atoms with van der Waals surface area (Å²) in [5.41, 5.74) is 0.524. The molecule has 16 heavy (non-hydrogen) atoms. The summed E-state index contributed by atoms with van der Waals surface area (Å²) in [6.07, 6.45) is 0. The van der Waals surface area contributed by atoms with Crippen molar-refractivity contribution >= 4 is 17.4 Å². The summed E-state index contributed by atoms with van der Waals surface area (Å²) >= 11 is 5.99. The number of hydrogen-bond donors (Lipinski definition) is 1. The molecule has 0 saturated carbocycles. The van der Waals surface area contributed by atoms with Crippen molar-refractivity contribution in [3.05, 3.63) is 28.8 Å². The highest BCUT2D eigenvalue weighted by atomic mass is 35.5. The minimum absolute atomic E-state index is 0.0126. The number of halogens is 1. The Balaban J connectivity index is 2.76. The van der Waals surface area contributed by atoms with Crippen LogP contribution in [0.1, 0.15) is 24.2 Å². The van der Waals surface area contributed by atoms with E-state index in [0.29, 0.717) is 22.9 Å². The lowest BCUT2D eigenvalue weighted by molar-refractivity contribution is 0.0988. The number of methoxy groups -OCH3 is 1. The Morgan fingerprint density at radius 1 is 1.50 bits per heavy atom. The zero-order chi connectivity index (χ0) is 12.1. The van der Waals surface area contributed by atoms with E-state index in [4.69, 9.17) is 16.3 Å². The largest absolute Gasteiger partial charge is 0.497 e. The quantitative estimate of drug-likeness (QED) is 0.806. The van der Waals surface area contributed by atoms with Crippen LogP contribution in [0.2, 0.25) is 5.02 Å². The molecular weight excluding hydrogens is 226 g/mol. The van der Waals surface area contributed by atoms with Gasteiger partial charge in [0.1, 0.15) is 5.75 Å². The third kappa shape index (κ3) is 3.51. The van der Waals surface area contributed by atoms with E-state index >= 15 is 0 Å². The highest BCUT2D eigenvalue weighted by Crippen LogP contribution is 2.22. The van der Waals surface area contributed by atoms with Gasteiger partial charge < -0.3 is 10.1 Å². The molecule has 0 aliphatic heterocycles. The van der Waals surface area contributed by atoms with Gasteiger partial charge in [-0.1, -0.05) is 25.4 Å². The van der Waals surface area contributed by atoms with Crippen LogP contribution < -0.4 is 10.1 Å². The van der Waals surface area contributed by atoms with Gasteiger partial charge in [0.2, 0.25) is 0 Å². The minimum Gasteiger partial charge on any atom is -0.497 e. The zero-order valence-electron chi connectivity index (χ0n) is 9.71. The monoisotopic (exact) mass is 241 g/mol. The van der Waals surface area contributed by atoms with Crippen LogP contribution in [0.15, 0.2) is 18.2 Å². The lowest BCUT2D eigenvalue weighted by Gasteiger charge is -2.09. The molecule has 0 aromatic heterocycles. The average molecular weight is 242 g/mol. The van der Waals surface area contributed by atoms with Crippen molar-refractivity contribution in [3.8, 4) is 5.75 Å². The minimum atomic E-state index is -0.0126. The van der Waals surface area contributed by atoms with E-state index in [1.807, 2.05) is 13.8 Å². The average Bonchev–Trinajstić information content (AvgIpc) is 2.25. The topological polar surface area (TPSA) is 38.3 Å². The van der Waals surface area contributed by atoms with Crippen LogP contribution in [0, 0.1) is 0 Å². The number of carbonyl (C=O) groups excluding carboxylic acids is 1. The van der Waals surface area contributed by atoms with Crippen LogP contribution in [0.5, 0.6) is 5.75 Å².